The van der Waals surface area contributed by atoms with Gasteiger partial charge in [-0.15, -0.1) is 0 Å². The van der Waals surface area contributed by atoms with Crippen molar-refractivity contribution in [2.24, 2.45) is 0 Å². The summed E-state index contributed by atoms with van der Waals surface area (Å²) in [6.45, 7) is 2.77. The van der Waals surface area contributed by atoms with Crippen LogP contribution >= 0.6 is 0 Å². The van der Waals surface area contributed by atoms with Crippen molar-refractivity contribution >= 4 is 0 Å². The van der Waals surface area contributed by atoms with E-state index in [-0.39, 0.29) is 5.56 Å². The third-order valence-corrected chi connectivity index (χ3v) is 3.34. The van der Waals surface area contributed by atoms with Gasteiger partial charge in [0.25, 0.3) is 0 Å². The quantitative estimate of drug-likeness (QED) is 0.549. The fraction of sp³-hybridized carbons (Fsp3) is 0.588. The van der Waals surface area contributed by atoms with Crippen LogP contribution in [-0.2, 0) is 0 Å². The molecular weight excluding hydrogens is 253 g/mol. The third-order valence-electron chi connectivity index (χ3n) is 3.34. The summed E-state index contributed by atoms with van der Waals surface area (Å²) in [4.78, 5) is 0. The molecule has 0 bridgehead atoms. The van der Waals surface area contributed by atoms with E-state index in [0.29, 0.717) is 12.4 Å². The number of nitriles is 1. The van der Waals surface area contributed by atoms with Crippen LogP contribution in [0.1, 0.15) is 63.9 Å². The lowest BCUT2D eigenvalue weighted by molar-refractivity contribution is 0.302. The first-order valence-corrected chi connectivity index (χ1v) is 7.61. The molecule has 0 radical (unpaired) electrons. The number of rotatable bonds is 10. The largest absolute Gasteiger partial charge is 0.492 e. The fourth-order valence-corrected chi connectivity index (χ4v) is 2.15. The van der Waals surface area contributed by atoms with Crippen molar-refractivity contribution in [1.82, 2.24) is 0 Å². The molecule has 0 heterocycles. The maximum atomic E-state index is 13.3. The van der Waals surface area contributed by atoms with Gasteiger partial charge in [0.2, 0.25) is 0 Å². The normalized spacial score (nSPS) is 10.2. The van der Waals surface area contributed by atoms with E-state index in [2.05, 4.69) is 6.92 Å². The molecule has 0 atom stereocenters. The van der Waals surface area contributed by atoms with Crippen LogP contribution in [0.15, 0.2) is 18.2 Å². The zero-order chi connectivity index (χ0) is 14.6. The molecule has 0 unspecified atom stereocenters. The van der Waals surface area contributed by atoms with Gasteiger partial charge < -0.3 is 4.74 Å². The van der Waals surface area contributed by atoms with Gasteiger partial charge in [-0.2, -0.15) is 5.26 Å². The molecular formula is C17H24FNO. The van der Waals surface area contributed by atoms with Gasteiger partial charge in [-0.25, -0.2) is 4.39 Å². The molecule has 0 aliphatic carbocycles. The van der Waals surface area contributed by atoms with E-state index >= 15 is 0 Å². The topological polar surface area (TPSA) is 33.0 Å². The lowest BCUT2D eigenvalue weighted by atomic mass is 10.1. The minimum atomic E-state index is -0.513. The molecule has 0 N–H and O–H groups in total. The van der Waals surface area contributed by atoms with Gasteiger partial charge in [0.1, 0.15) is 23.2 Å². The number of benzene rings is 1. The second kappa shape index (κ2) is 10.3. The highest BCUT2D eigenvalue weighted by atomic mass is 19.1. The third kappa shape index (κ3) is 6.06. The van der Waals surface area contributed by atoms with E-state index in [9.17, 15) is 4.39 Å². The van der Waals surface area contributed by atoms with E-state index in [1.807, 2.05) is 6.07 Å². The number of hydrogen-bond donors (Lipinski definition) is 0. The van der Waals surface area contributed by atoms with E-state index in [1.165, 1.54) is 44.6 Å². The van der Waals surface area contributed by atoms with Gasteiger partial charge in [-0.3, -0.25) is 0 Å². The van der Waals surface area contributed by atoms with Crippen LogP contribution in [-0.4, -0.2) is 6.61 Å². The van der Waals surface area contributed by atoms with Crippen molar-refractivity contribution in [1.29, 1.82) is 5.26 Å². The Labute approximate surface area is 121 Å². The molecule has 1 rings (SSSR count). The zero-order valence-corrected chi connectivity index (χ0v) is 12.3. The summed E-state index contributed by atoms with van der Waals surface area (Å²) in [5, 5.41) is 8.87. The Hall–Kier alpha value is -1.56. The van der Waals surface area contributed by atoms with Crippen molar-refractivity contribution < 1.29 is 9.13 Å². The van der Waals surface area contributed by atoms with Crippen LogP contribution in [0.25, 0.3) is 0 Å². The number of unbranched alkanes of at least 4 members (excludes halogenated alkanes) is 7. The molecule has 0 aromatic heterocycles. The Kier molecular flexibility index (Phi) is 8.46. The van der Waals surface area contributed by atoms with Gasteiger partial charge in [-0.05, 0) is 18.6 Å². The van der Waals surface area contributed by atoms with Crippen molar-refractivity contribution in [2.75, 3.05) is 6.61 Å². The van der Waals surface area contributed by atoms with Crippen LogP contribution in [0.5, 0.6) is 5.75 Å². The highest BCUT2D eigenvalue weighted by molar-refractivity contribution is 5.43. The van der Waals surface area contributed by atoms with Gasteiger partial charge in [0.05, 0.1) is 6.61 Å². The molecule has 20 heavy (non-hydrogen) atoms. The first kappa shape index (κ1) is 16.5. The molecule has 110 valence electrons. The minimum absolute atomic E-state index is 0.00654. The molecule has 0 aliphatic rings. The average Bonchev–Trinajstić information content (AvgIpc) is 2.45. The highest BCUT2D eigenvalue weighted by Crippen LogP contribution is 2.20. The van der Waals surface area contributed by atoms with E-state index < -0.39 is 5.82 Å². The highest BCUT2D eigenvalue weighted by Gasteiger charge is 2.08. The second-order valence-corrected chi connectivity index (χ2v) is 5.05. The van der Waals surface area contributed by atoms with Gasteiger partial charge in [0.15, 0.2) is 0 Å². The second-order valence-electron chi connectivity index (χ2n) is 5.05. The molecule has 0 amide bonds. The molecule has 3 heteroatoms. The predicted molar refractivity (Wildman–Crippen MR) is 79.2 cm³/mol. The first-order valence-electron chi connectivity index (χ1n) is 7.61. The lowest BCUT2D eigenvalue weighted by Gasteiger charge is -2.08. The first-order chi connectivity index (χ1) is 9.79. The number of halogens is 1. The van der Waals surface area contributed by atoms with Gasteiger partial charge >= 0.3 is 0 Å². The molecule has 0 saturated carbocycles. The maximum Gasteiger partial charge on any atom is 0.144 e. The number of hydrogen-bond acceptors (Lipinski definition) is 2. The summed E-state index contributed by atoms with van der Waals surface area (Å²) in [6.07, 6.45) is 9.85. The van der Waals surface area contributed by atoms with E-state index in [4.69, 9.17) is 10.00 Å². The van der Waals surface area contributed by atoms with Crippen molar-refractivity contribution in [2.45, 2.75) is 58.3 Å². The summed E-state index contributed by atoms with van der Waals surface area (Å²) in [7, 11) is 0. The smallest absolute Gasteiger partial charge is 0.144 e. The van der Waals surface area contributed by atoms with E-state index in [1.54, 1.807) is 12.1 Å². The summed E-state index contributed by atoms with van der Waals surface area (Å²) < 4.78 is 18.8. The summed E-state index contributed by atoms with van der Waals surface area (Å²) >= 11 is 0. The number of nitrogens with zero attached hydrogens (tertiary/aromatic N) is 1. The van der Waals surface area contributed by atoms with Crippen molar-refractivity contribution in [3.05, 3.63) is 29.6 Å². The van der Waals surface area contributed by atoms with Crippen LogP contribution in [0.2, 0.25) is 0 Å². The SMILES string of the molecule is CCCCCCCCCCOc1cccc(F)c1C#N. The number of ether oxygens (including phenoxy) is 1. The van der Waals surface area contributed by atoms with E-state index in [0.717, 1.165) is 12.8 Å². The van der Waals surface area contributed by atoms with Crippen LogP contribution in [0, 0.1) is 17.1 Å². The molecule has 1 aromatic carbocycles. The van der Waals surface area contributed by atoms with Gasteiger partial charge in [-0.1, -0.05) is 57.9 Å². The summed E-state index contributed by atoms with van der Waals surface area (Å²) in [5.41, 5.74) is 0.00654. The average molecular weight is 277 g/mol. The molecule has 0 aliphatic heterocycles. The molecule has 0 saturated heterocycles. The molecule has 2 nitrogen and oxygen atoms in total. The van der Waals surface area contributed by atoms with Crippen molar-refractivity contribution in [3.8, 4) is 11.8 Å². The monoisotopic (exact) mass is 277 g/mol. The standard InChI is InChI=1S/C17H24FNO/c1-2-3-4-5-6-7-8-9-13-20-17-12-10-11-16(18)15(17)14-19/h10-12H,2-9,13H2,1H3. The lowest BCUT2D eigenvalue weighted by Crippen LogP contribution is -2.00. The van der Waals surface area contributed by atoms with Gasteiger partial charge in [0, 0.05) is 0 Å². The van der Waals surface area contributed by atoms with Crippen LogP contribution in [0.4, 0.5) is 4.39 Å². The predicted octanol–water partition coefficient (Wildman–Crippen LogP) is 5.22. The Morgan fingerprint density at radius 2 is 1.70 bits per heavy atom. The van der Waals surface area contributed by atoms with Crippen LogP contribution < -0.4 is 4.74 Å². The minimum Gasteiger partial charge on any atom is -0.492 e. The van der Waals surface area contributed by atoms with Crippen LogP contribution in [0.3, 0.4) is 0 Å². The molecule has 1 aromatic rings. The molecule has 0 spiro atoms. The molecule has 0 fully saturated rings. The van der Waals surface area contributed by atoms with Crippen molar-refractivity contribution in [3.63, 3.8) is 0 Å². The summed E-state index contributed by atoms with van der Waals surface area (Å²) in [6, 6.07) is 6.34. The Balaban J connectivity index is 2.13. The Bertz CT molecular complexity index is 425. The summed E-state index contributed by atoms with van der Waals surface area (Å²) in [5.74, 6) is -0.156. The Morgan fingerprint density at radius 1 is 1.05 bits per heavy atom. The maximum absolute atomic E-state index is 13.3. The Morgan fingerprint density at radius 3 is 2.35 bits per heavy atom. The zero-order valence-electron chi connectivity index (χ0n) is 12.3. The fourth-order valence-electron chi connectivity index (χ4n) is 2.15.